The van der Waals surface area contributed by atoms with Crippen molar-refractivity contribution in [3.05, 3.63) is 45.5 Å². The van der Waals surface area contributed by atoms with Gasteiger partial charge in [-0.1, -0.05) is 17.7 Å². The van der Waals surface area contributed by atoms with Crippen molar-refractivity contribution in [1.29, 1.82) is 0 Å². The SMILES string of the molecule is Cc1ccc(Cl)c(Oc2ncc(N)cc2Br)c1. The fraction of sp³-hybridized carbons (Fsp3) is 0.0833. The minimum Gasteiger partial charge on any atom is -0.436 e. The summed E-state index contributed by atoms with van der Waals surface area (Å²) < 4.78 is 6.32. The van der Waals surface area contributed by atoms with E-state index in [9.17, 15) is 0 Å². The molecule has 0 radical (unpaired) electrons. The molecule has 2 aromatic rings. The van der Waals surface area contributed by atoms with Gasteiger partial charge in [0.05, 0.1) is 21.4 Å². The predicted molar refractivity (Wildman–Crippen MR) is 72.6 cm³/mol. The van der Waals surface area contributed by atoms with Gasteiger partial charge in [0.15, 0.2) is 0 Å². The van der Waals surface area contributed by atoms with Crippen molar-refractivity contribution in [2.24, 2.45) is 0 Å². The second kappa shape index (κ2) is 4.94. The third kappa shape index (κ3) is 2.90. The summed E-state index contributed by atoms with van der Waals surface area (Å²) in [5.74, 6) is 1.01. The minimum absolute atomic E-state index is 0.437. The quantitative estimate of drug-likeness (QED) is 0.904. The second-order valence-electron chi connectivity index (χ2n) is 3.59. The van der Waals surface area contributed by atoms with E-state index in [2.05, 4.69) is 20.9 Å². The number of hydrogen-bond acceptors (Lipinski definition) is 3. The van der Waals surface area contributed by atoms with Gasteiger partial charge in [0.25, 0.3) is 0 Å². The molecule has 1 aromatic heterocycles. The predicted octanol–water partition coefficient (Wildman–Crippen LogP) is 4.18. The Balaban J connectivity index is 2.34. The van der Waals surface area contributed by atoms with Crippen LogP contribution in [-0.2, 0) is 0 Å². The summed E-state index contributed by atoms with van der Waals surface area (Å²) in [6, 6.07) is 7.29. The van der Waals surface area contributed by atoms with Crippen LogP contribution in [-0.4, -0.2) is 4.98 Å². The first kappa shape index (κ1) is 12.2. The Morgan fingerprint density at radius 3 is 2.82 bits per heavy atom. The van der Waals surface area contributed by atoms with E-state index in [1.54, 1.807) is 12.1 Å². The Kier molecular flexibility index (Phi) is 3.54. The standard InChI is InChI=1S/C12H10BrClN2O/c1-7-2-3-10(14)11(4-7)17-12-9(13)5-8(15)6-16-12/h2-6H,15H2,1H3. The van der Waals surface area contributed by atoms with Crippen molar-refractivity contribution in [1.82, 2.24) is 4.98 Å². The molecule has 17 heavy (non-hydrogen) atoms. The maximum Gasteiger partial charge on any atom is 0.233 e. The molecule has 0 atom stereocenters. The van der Waals surface area contributed by atoms with E-state index in [0.29, 0.717) is 26.8 Å². The molecule has 1 heterocycles. The van der Waals surface area contributed by atoms with Gasteiger partial charge in [-0.3, -0.25) is 0 Å². The monoisotopic (exact) mass is 312 g/mol. The van der Waals surface area contributed by atoms with E-state index in [0.717, 1.165) is 5.56 Å². The minimum atomic E-state index is 0.437. The third-order valence-corrected chi connectivity index (χ3v) is 3.00. The van der Waals surface area contributed by atoms with Crippen LogP contribution >= 0.6 is 27.5 Å². The van der Waals surface area contributed by atoms with Crippen molar-refractivity contribution in [3.63, 3.8) is 0 Å². The van der Waals surface area contributed by atoms with Gasteiger partial charge in [-0.25, -0.2) is 4.98 Å². The van der Waals surface area contributed by atoms with E-state index < -0.39 is 0 Å². The highest BCUT2D eigenvalue weighted by atomic mass is 79.9. The average Bonchev–Trinajstić information content (AvgIpc) is 2.27. The Hall–Kier alpha value is -1.26. The van der Waals surface area contributed by atoms with Crippen LogP contribution in [0.15, 0.2) is 34.9 Å². The molecule has 0 saturated heterocycles. The third-order valence-electron chi connectivity index (χ3n) is 2.12. The van der Waals surface area contributed by atoms with Crippen LogP contribution in [0, 0.1) is 6.92 Å². The Labute approximate surface area is 113 Å². The molecular weight excluding hydrogens is 304 g/mol. The van der Waals surface area contributed by atoms with Crippen LogP contribution in [0.5, 0.6) is 11.6 Å². The lowest BCUT2D eigenvalue weighted by molar-refractivity contribution is 0.460. The van der Waals surface area contributed by atoms with E-state index >= 15 is 0 Å². The Bertz CT molecular complexity index is 560. The smallest absolute Gasteiger partial charge is 0.233 e. The highest BCUT2D eigenvalue weighted by Crippen LogP contribution is 2.33. The first-order valence-corrected chi connectivity index (χ1v) is 6.08. The Morgan fingerprint density at radius 2 is 2.12 bits per heavy atom. The number of anilines is 1. The Morgan fingerprint density at radius 1 is 1.35 bits per heavy atom. The van der Waals surface area contributed by atoms with Crippen LogP contribution in [0.3, 0.4) is 0 Å². The number of aromatic nitrogens is 1. The van der Waals surface area contributed by atoms with Crippen LogP contribution in [0.2, 0.25) is 5.02 Å². The fourth-order valence-electron chi connectivity index (χ4n) is 1.31. The first-order valence-electron chi connectivity index (χ1n) is 4.91. The molecule has 3 nitrogen and oxygen atoms in total. The van der Waals surface area contributed by atoms with E-state index in [1.165, 1.54) is 6.20 Å². The topological polar surface area (TPSA) is 48.1 Å². The van der Waals surface area contributed by atoms with Crippen molar-refractivity contribution in [3.8, 4) is 11.6 Å². The van der Waals surface area contributed by atoms with E-state index in [4.69, 9.17) is 22.1 Å². The molecule has 0 aliphatic carbocycles. The summed E-state index contributed by atoms with van der Waals surface area (Å²) in [5, 5.41) is 0.543. The number of halogens is 2. The van der Waals surface area contributed by atoms with E-state index in [-0.39, 0.29) is 0 Å². The molecule has 88 valence electrons. The molecule has 0 fully saturated rings. The van der Waals surface area contributed by atoms with Gasteiger partial charge in [-0.2, -0.15) is 0 Å². The number of pyridine rings is 1. The van der Waals surface area contributed by atoms with Crippen LogP contribution in [0.4, 0.5) is 5.69 Å². The summed E-state index contributed by atoms with van der Waals surface area (Å²) in [5.41, 5.74) is 7.24. The van der Waals surface area contributed by atoms with Gasteiger partial charge >= 0.3 is 0 Å². The van der Waals surface area contributed by atoms with Crippen LogP contribution < -0.4 is 10.5 Å². The summed E-state index contributed by atoms with van der Waals surface area (Å²) >= 11 is 9.37. The van der Waals surface area contributed by atoms with Gasteiger partial charge in [0.1, 0.15) is 5.75 Å². The summed E-state index contributed by atoms with van der Waals surface area (Å²) in [4.78, 5) is 4.09. The molecule has 2 rings (SSSR count). The van der Waals surface area contributed by atoms with Gasteiger partial charge in [0, 0.05) is 0 Å². The zero-order valence-electron chi connectivity index (χ0n) is 9.08. The lowest BCUT2D eigenvalue weighted by Crippen LogP contribution is -1.93. The van der Waals surface area contributed by atoms with E-state index in [1.807, 2.05) is 19.1 Å². The van der Waals surface area contributed by atoms with Crippen molar-refractivity contribution >= 4 is 33.2 Å². The molecule has 0 aliphatic rings. The largest absolute Gasteiger partial charge is 0.436 e. The van der Waals surface area contributed by atoms with Crippen molar-refractivity contribution in [2.45, 2.75) is 6.92 Å². The summed E-state index contributed by atoms with van der Waals surface area (Å²) in [7, 11) is 0. The van der Waals surface area contributed by atoms with Gasteiger partial charge in [0.2, 0.25) is 5.88 Å². The fourth-order valence-corrected chi connectivity index (χ4v) is 1.91. The zero-order chi connectivity index (χ0) is 12.4. The lowest BCUT2D eigenvalue weighted by atomic mass is 10.2. The van der Waals surface area contributed by atoms with Crippen molar-refractivity contribution in [2.75, 3.05) is 5.73 Å². The average molecular weight is 314 g/mol. The summed E-state index contributed by atoms with van der Waals surface area (Å²) in [6.07, 6.45) is 1.53. The number of nitrogens with two attached hydrogens (primary N) is 1. The highest BCUT2D eigenvalue weighted by Gasteiger charge is 2.08. The van der Waals surface area contributed by atoms with Crippen LogP contribution in [0.1, 0.15) is 5.56 Å². The normalized spacial score (nSPS) is 10.3. The molecule has 5 heteroatoms. The number of benzene rings is 1. The zero-order valence-corrected chi connectivity index (χ0v) is 11.4. The number of aryl methyl sites for hydroxylation is 1. The highest BCUT2D eigenvalue weighted by molar-refractivity contribution is 9.10. The molecule has 1 aromatic carbocycles. The van der Waals surface area contributed by atoms with Crippen molar-refractivity contribution < 1.29 is 4.74 Å². The number of rotatable bonds is 2. The molecule has 0 spiro atoms. The number of nitrogens with zero attached hydrogens (tertiary/aromatic N) is 1. The lowest BCUT2D eigenvalue weighted by Gasteiger charge is -2.09. The molecule has 0 amide bonds. The molecule has 0 saturated carbocycles. The number of hydrogen-bond donors (Lipinski definition) is 1. The molecule has 0 aliphatic heterocycles. The summed E-state index contributed by atoms with van der Waals surface area (Å²) in [6.45, 7) is 1.97. The first-order chi connectivity index (χ1) is 8.06. The number of ether oxygens (including phenoxy) is 1. The van der Waals surface area contributed by atoms with Gasteiger partial charge < -0.3 is 10.5 Å². The maximum absolute atomic E-state index is 6.04. The maximum atomic E-state index is 6.04. The number of nitrogen functional groups attached to an aromatic ring is 1. The van der Waals surface area contributed by atoms with Gasteiger partial charge in [-0.05, 0) is 46.6 Å². The van der Waals surface area contributed by atoms with Gasteiger partial charge in [-0.15, -0.1) is 0 Å². The molecule has 2 N–H and O–H groups in total. The second-order valence-corrected chi connectivity index (χ2v) is 4.85. The van der Waals surface area contributed by atoms with Crippen LogP contribution in [0.25, 0.3) is 0 Å². The molecule has 0 bridgehead atoms. The molecule has 0 unspecified atom stereocenters. The molecular formula is C12H10BrClN2O.